The summed E-state index contributed by atoms with van der Waals surface area (Å²) in [5.74, 6) is 0.982. The number of carbonyl (C=O) groups is 1. The molecule has 25 heavy (non-hydrogen) atoms. The largest absolute Gasteiger partial charge is 0.484 e. The predicted octanol–water partition coefficient (Wildman–Crippen LogP) is 2.08. The van der Waals surface area contributed by atoms with E-state index in [1.807, 2.05) is 47.4 Å². The topological polar surface area (TPSA) is 59.0 Å². The maximum absolute atomic E-state index is 12.6. The van der Waals surface area contributed by atoms with Crippen molar-refractivity contribution in [2.75, 3.05) is 39.5 Å². The Hall–Kier alpha value is -2.11. The lowest BCUT2D eigenvalue weighted by molar-refractivity contribution is -0.133. The van der Waals surface area contributed by atoms with Crippen LogP contribution in [0.1, 0.15) is 6.42 Å². The summed E-state index contributed by atoms with van der Waals surface area (Å²) in [6.45, 7) is 2.56. The van der Waals surface area contributed by atoms with E-state index in [1.165, 1.54) is 0 Å². The molecule has 132 valence electrons. The second-order valence-electron chi connectivity index (χ2n) is 7.13. The van der Waals surface area contributed by atoms with Crippen molar-refractivity contribution in [3.8, 4) is 5.75 Å². The number of aliphatic hydroxyl groups is 1. The van der Waals surface area contributed by atoms with Crippen LogP contribution in [0.15, 0.2) is 42.5 Å². The summed E-state index contributed by atoms with van der Waals surface area (Å²) in [7, 11) is 0. The van der Waals surface area contributed by atoms with Gasteiger partial charge in [0.1, 0.15) is 5.75 Å². The molecule has 0 bridgehead atoms. The van der Waals surface area contributed by atoms with Crippen LogP contribution >= 0.6 is 0 Å². The third kappa shape index (κ3) is 3.10. The van der Waals surface area contributed by atoms with Gasteiger partial charge in [-0.15, -0.1) is 0 Å². The summed E-state index contributed by atoms with van der Waals surface area (Å²) in [6, 6.07) is 13.9. The number of hydrogen-bond acceptors (Lipinski definition) is 4. The van der Waals surface area contributed by atoms with Gasteiger partial charge in [0.2, 0.25) is 0 Å². The fourth-order valence-electron chi connectivity index (χ4n) is 4.00. The first-order valence-electron chi connectivity index (χ1n) is 8.78. The van der Waals surface area contributed by atoms with Crippen LogP contribution in [0.5, 0.6) is 5.75 Å². The highest BCUT2D eigenvalue weighted by molar-refractivity contribution is 5.84. The number of ether oxygens (including phenoxy) is 2. The third-order valence-electron chi connectivity index (χ3n) is 5.56. The van der Waals surface area contributed by atoms with Gasteiger partial charge in [-0.25, -0.2) is 0 Å². The Morgan fingerprint density at radius 2 is 2.12 bits per heavy atom. The third-order valence-corrected chi connectivity index (χ3v) is 5.56. The Kier molecular flexibility index (Phi) is 4.36. The van der Waals surface area contributed by atoms with Gasteiger partial charge in [-0.05, 0) is 35.2 Å². The molecule has 0 radical (unpaired) electrons. The highest BCUT2D eigenvalue weighted by Gasteiger charge is 2.49. The monoisotopic (exact) mass is 341 g/mol. The fourth-order valence-corrected chi connectivity index (χ4v) is 4.00. The number of fused-ring (bicyclic) bond motifs is 2. The van der Waals surface area contributed by atoms with Crippen molar-refractivity contribution < 1.29 is 19.4 Å². The van der Waals surface area contributed by atoms with E-state index in [4.69, 9.17) is 9.47 Å². The Morgan fingerprint density at radius 3 is 2.92 bits per heavy atom. The molecule has 5 nitrogen and oxygen atoms in total. The van der Waals surface area contributed by atoms with Crippen LogP contribution in [0.25, 0.3) is 10.8 Å². The van der Waals surface area contributed by atoms with Gasteiger partial charge < -0.3 is 19.5 Å². The van der Waals surface area contributed by atoms with Gasteiger partial charge in [0.25, 0.3) is 5.91 Å². The Balaban J connectivity index is 1.40. The maximum atomic E-state index is 12.6. The summed E-state index contributed by atoms with van der Waals surface area (Å²) < 4.78 is 11.3. The first-order valence-corrected chi connectivity index (χ1v) is 8.78. The lowest BCUT2D eigenvalue weighted by Crippen LogP contribution is -2.43. The molecule has 2 heterocycles. The number of likely N-dealkylation sites (tertiary alicyclic amines) is 1. The Bertz CT molecular complexity index is 777. The molecule has 4 rings (SSSR count). The number of carbonyl (C=O) groups excluding carboxylic acids is 1. The number of aliphatic hydroxyl groups excluding tert-OH is 1. The molecule has 1 N–H and O–H groups in total. The van der Waals surface area contributed by atoms with E-state index in [0.29, 0.717) is 38.0 Å². The van der Waals surface area contributed by atoms with Crippen molar-refractivity contribution in [3.05, 3.63) is 42.5 Å². The molecule has 2 saturated heterocycles. The lowest BCUT2D eigenvalue weighted by Gasteiger charge is -2.36. The van der Waals surface area contributed by atoms with Crippen LogP contribution in [0.3, 0.4) is 0 Å². The van der Waals surface area contributed by atoms with Crippen LogP contribution in [-0.2, 0) is 9.53 Å². The molecule has 2 atom stereocenters. The zero-order chi connectivity index (χ0) is 17.3. The number of nitrogens with zero attached hydrogens (tertiary/aromatic N) is 1. The average molecular weight is 341 g/mol. The molecule has 2 fully saturated rings. The van der Waals surface area contributed by atoms with Gasteiger partial charge in [-0.1, -0.05) is 30.3 Å². The number of benzene rings is 2. The summed E-state index contributed by atoms with van der Waals surface area (Å²) in [5, 5.41) is 12.1. The van der Waals surface area contributed by atoms with E-state index in [2.05, 4.69) is 0 Å². The van der Waals surface area contributed by atoms with E-state index in [9.17, 15) is 9.90 Å². The highest BCUT2D eigenvalue weighted by Crippen LogP contribution is 2.40. The summed E-state index contributed by atoms with van der Waals surface area (Å²) in [4.78, 5) is 14.4. The van der Waals surface area contributed by atoms with Gasteiger partial charge in [0.15, 0.2) is 6.61 Å². The molecule has 0 spiro atoms. The zero-order valence-electron chi connectivity index (χ0n) is 14.2. The molecule has 5 heteroatoms. The van der Waals surface area contributed by atoms with Crippen LogP contribution < -0.4 is 4.74 Å². The van der Waals surface area contributed by atoms with E-state index in [0.717, 1.165) is 17.2 Å². The van der Waals surface area contributed by atoms with Gasteiger partial charge in [0.05, 0.1) is 13.2 Å². The number of rotatable bonds is 4. The maximum Gasteiger partial charge on any atom is 0.260 e. The predicted molar refractivity (Wildman–Crippen MR) is 94.5 cm³/mol. The molecule has 1 amide bonds. The fraction of sp³-hybridized carbons (Fsp3) is 0.450. The summed E-state index contributed by atoms with van der Waals surface area (Å²) in [6.07, 6.45) is 0.899. The minimum atomic E-state index is -0.295. The first kappa shape index (κ1) is 16.4. The Labute approximate surface area is 147 Å². The molecular formula is C20H23NO4. The smallest absolute Gasteiger partial charge is 0.260 e. The van der Waals surface area contributed by atoms with Crippen molar-refractivity contribution in [3.63, 3.8) is 0 Å². The molecule has 2 aliphatic heterocycles. The minimum absolute atomic E-state index is 0.0213. The van der Waals surface area contributed by atoms with Crippen molar-refractivity contribution in [1.29, 1.82) is 0 Å². The standard InChI is InChI=1S/C20H23NO4/c22-13-20-12-21(10-17(20)7-8-24-14-20)19(23)11-25-18-6-5-15-3-1-2-4-16(15)9-18/h1-6,9,17,22H,7-8,10-14H2/t17-,20+/m0/s1. The molecule has 0 saturated carbocycles. The average Bonchev–Trinajstić information content (AvgIpc) is 3.06. The van der Waals surface area contributed by atoms with Crippen LogP contribution in [0.4, 0.5) is 0 Å². The van der Waals surface area contributed by atoms with E-state index >= 15 is 0 Å². The van der Waals surface area contributed by atoms with Crippen molar-refractivity contribution in [2.45, 2.75) is 6.42 Å². The molecule has 2 aromatic rings. The second kappa shape index (κ2) is 6.65. The molecule has 0 aromatic heterocycles. The van der Waals surface area contributed by atoms with Crippen LogP contribution in [0, 0.1) is 11.3 Å². The highest BCUT2D eigenvalue weighted by atomic mass is 16.5. The van der Waals surface area contributed by atoms with Crippen LogP contribution in [0.2, 0.25) is 0 Å². The second-order valence-corrected chi connectivity index (χ2v) is 7.13. The molecular weight excluding hydrogens is 318 g/mol. The van der Waals surface area contributed by atoms with Crippen molar-refractivity contribution in [2.24, 2.45) is 11.3 Å². The van der Waals surface area contributed by atoms with E-state index < -0.39 is 0 Å². The van der Waals surface area contributed by atoms with Crippen LogP contribution in [-0.4, -0.2) is 55.4 Å². The van der Waals surface area contributed by atoms with Gasteiger partial charge in [-0.3, -0.25) is 4.79 Å². The SMILES string of the molecule is O=C(COc1ccc2ccccc2c1)N1C[C@@H]2CCOC[C@]2(CO)C1. The normalized spacial score (nSPS) is 25.8. The number of amides is 1. The molecule has 2 aliphatic rings. The molecule has 2 aromatic carbocycles. The molecule has 0 aliphatic carbocycles. The number of hydrogen-bond donors (Lipinski definition) is 1. The summed E-state index contributed by atoms with van der Waals surface area (Å²) >= 11 is 0. The van der Waals surface area contributed by atoms with Crippen molar-refractivity contribution in [1.82, 2.24) is 4.90 Å². The van der Waals surface area contributed by atoms with E-state index in [1.54, 1.807) is 0 Å². The summed E-state index contributed by atoms with van der Waals surface area (Å²) in [5.41, 5.74) is -0.295. The van der Waals surface area contributed by atoms with Gasteiger partial charge >= 0.3 is 0 Å². The van der Waals surface area contributed by atoms with Gasteiger partial charge in [-0.2, -0.15) is 0 Å². The van der Waals surface area contributed by atoms with Crippen molar-refractivity contribution >= 4 is 16.7 Å². The lowest BCUT2D eigenvalue weighted by atomic mass is 9.76. The minimum Gasteiger partial charge on any atom is -0.484 e. The van der Waals surface area contributed by atoms with E-state index in [-0.39, 0.29) is 24.5 Å². The first-order chi connectivity index (χ1) is 12.2. The van der Waals surface area contributed by atoms with Gasteiger partial charge in [0, 0.05) is 25.1 Å². The Morgan fingerprint density at radius 1 is 1.28 bits per heavy atom. The molecule has 0 unspecified atom stereocenters. The zero-order valence-corrected chi connectivity index (χ0v) is 14.2. The quantitative estimate of drug-likeness (QED) is 0.925.